The zero-order valence-corrected chi connectivity index (χ0v) is 13.4. The highest BCUT2D eigenvalue weighted by atomic mass is 16.2. The Morgan fingerprint density at radius 2 is 1.86 bits per heavy atom. The first-order valence-electron chi connectivity index (χ1n) is 8.18. The second-order valence-corrected chi connectivity index (χ2v) is 6.61. The van der Waals surface area contributed by atoms with Gasteiger partial charge in [-0.15, -0.1) is 0 Å². The normalized spacial score (nSPS) is 22.7. The molecule has 1 saturated heterocycles. The summed E-state index contributed by atoms with van der Waals surface area (Å²) in [5, 5.41) is 9.55. The van der Waals surface area contributed by atoms with Crippen LogP contribution < -0.4 is 5.73 Å². The van der Waals surface area contributed by atoms with Crippen LogP contribution in [0.4, 0.5) is 0 Å². The van der Waals surface area contributed by atoms with E-state index in [2.05, 4.69) is 11.0 Å². The van der Waals surface area contributed by atoms with Crippen LogP contribution in [0.15, 0.2) is 0 Å². The summed E-state index contributed by atoms with van der Waals surface area (Å²) in [5.41, 5.74) is 4.70. The largest absolute Gasteiger partial charge is 0.369 e. The van der Waals surface area contributed by atoms with Crippen LogP contribution in [0.2, 0.25) is 0 Å². The van der Waals surface area contributed by atoms with Gasteiger partial charge in [0.2, 0.25) is 11.8 Å². The Kier molecular flexibility index (Phi) is 5.41. The van der Waals surface area contributed by atoms with Crippen molar-refractivity contribution in [1.82, 2.24) is 9.80 Å². The van der Waals surface area contributed by atoms with Gasteiger partial charge in [-0.1, -0.05) is 19.3 Å². The molecule has 2 rings (SSSR count). The van der Waals surface area contributed by atoms with Crippen LogP contribution in [0, 0.1) is 17.2 Å². The maximum Gasteiger partial charge on any atom is 0.237 e. The molecule has 0 aromatic heterocycles. The summed E-state index contributed by atoms with van der Waals surface area (Å²) in [4.78, 5) is 27.4. The summed E-state index contributed by atoms with van der Waals surface area (Å²) in [5.74, 6) is -0.303. The molecule has 1 aliphatic carbocycles. The number of carbonyl (C=O) groups is 2. The minimum absolute atomic E-state index is 0.000903. The highest BCUT2D eigenvalue weighted by molar-refractivity contribution is 5.79. The SMILES string of the molecule is CN(C(=O)CN1CCC(C(N)=O)CC1)C1(C#N)CCCCC1. The quantitative estimate of drug-likeness (QED) is 0.834. The zero-order chi connectivity index (χ0) is 16.2. The molecule has 2 fully saturated rings. The van der Waals surface area contributed by atoms with Crippen molar-refractivity contribution in [1.29, 1.82) is 5.26 Å². The molecular weight excluding hydrogens is 280 g/mol. The van der Waals surface area contributed by atoms with E-state index in [4.69, 9.17) is 5.73 Å². The summed E-state index contributed by atoms with van der Waals surface area (Å²) in [6.45, 7) is 1.75. The average molecular weight is 306 g/mol. The second kappa shape index (κ2) is 7.10. The number of amides is 2. The maximum absolute atomic E-state index is 12.5. The van der Waals surface area contributed by atoms with Gasteiger partial charge in [-0.2, -0.15) is 5.26 Å². The van der Waals surface area contributed by atoms with E-state index in [9.17, 15) is 14.9 Å². The number of nitrogens with zero attached hydrogens (tertiary/aromatic N) is 3. The molecule has 2 amide bonds. The summed E-state index contributed by atoms with van der Waals surface area (Å²) < 4.78 is 0. The van der Waals surface area contributed by atoms with Crippen molar-refractivity contribution in [3.8, 4) is 6.07 Å². The van der Waals surface area contributed by atoms with Gasteiger partial charge in [-0.25, -0.2) is 0 Å². The van der Waals surface area contributed by atoms with Crippen molar-refractivity contribution in [3.05, 3.63) is 0 Å². The molecule has 1 saturated carbocycles. The van der Waals surface area contributed by atoms with Crippen LogP contribution in [-0.2, 0) is 9.59 Å². The Hall–Kier alpha value is -1.61. The lowest BCUT2D eigenvalue weighted by molar-refractivity contribution is -0.136. The monoisotopic (exact) mass is 306 g/mol. The van der Waals surface area contributed by atoms with Crippen LogP contribution in [0.3, 0.4) is 0 Å². The van der Waals surface area contributed by atoms with Crippen molar-refractivity contribution >= 4 is 11.8 Å². The molecule has 0 atom stereocenters. The van der Waals surface area contributed by atoms with Crippen molar-refractivity contribution in [2.75, 3.05) is 26.7 Å². The predicted molar refractivity (Wildman–Crippen MR) is 82.6 cm³/mol. The third kappa shape index (κ3) is 3.58. The van der Waals surface area contributed by atoms with E-state index >= 15 is 0 Å². The van der Waals surface area contributed by atoms with Crippen molar-refractivity contribution in [2.45, 2.75) is 50.5 Å². The zero-order valence-electron chi connectivity index (χ0n) is 13.4. The fourth-order valence-corrected chi connectivity index (χ4v) is 3.57. The molecule has 22 heavy (non-hydrogen) atoms. The minimum Gasteiger partial charge on any atom is -0.369 e. The van der Waals surface area contributed by atoms with Gasteiger partial charge in [0.25, 0.3) is 0 Å². The Balaban J connectivity index is 1.89. The van der Waals surface area contributed by atoms with Crippen molar-refractivity contribution < 1.29 is 9.59 Å². The highest BCUT2D eigenvalue weighted by Gasteiger charge is 2.39. The molecule has 2 N–H and O–H groups in total. The van der Waals surface area contributed by atoms with Gasteiger partial charge in [-0.05, 0) is 38.8 Å². The molecule has 2 aliphatic rings. The van der Waals surface area contributed by atoms with E-state index in [1.54, 1.807) is 11.9 Å². The Labute approximate surface area is 132 Å². The van der Waals surface area contributed by atoms with Crippen LogP contribution in [-0.4, -0.2) is 53.8 Å². The lowest BCUT2D eigenvalue weighted by Gasteiger charge is -2.40. The molecule has 0 aromatic rings. The third-order valence-electron chi connectivity index (χ3n) is 5.25. The third-order valence-corrected chi connectivity index (χ3v) is 5.25. The number of hydrogen-bond donors (Lipinski definition) is 1. The molecule has 6 nitrogen and oxygen atoms in total. The minimum atomic E-state index is -0.624. The smallest absolute Gasteiger partial charge is 0.237 e. The van der Waals surface area contributed by atoms with E-state index < -0.39 is 5.54 Å². The van der Waals surface area contributed by atoms with Gasteiger partial charge in [0.1, 0.15) is 5.54 Å². The number of carbonyl (C=O) groups excluding carboxylic acids is 2. The molecule has 1 aliphatic heterocycles. The first-order valence-corrected chi connectivity index (χ1v) is 8.18. The molecule has 0 unspecified atom stereocenters. The van der Waals surface area contributed by atoms with E-state index in [0.717, 1.165) is 44.9 Å². The van der Waals surface area contributed by atoms with Crippen molar-refractivity contribution in [2.24, 2.45) is 11.7 Å². The molecule has 1 heterocycles. The second-order valence-electron chi connectivity index (χ2n) is 6.61. The molecular formula is C16H26N4O2. The van der Waals surface area contributed by atoms with E-state index in [-0.39, 0.29) is 17.7 Å². The van der Waals surface area contributed by atoms with Crippen molar-refractivity contribution in [3.63, 3.8) is 0 Å². The number of hydrogen-bond acceptors (Lipinski definition) is 4. The Morgan fingerprint density at radius 3 is 2.36 bits per heavy atom. The molecule has 0 spiro atoms. The van der Waals surface area contributed by atoms with Gasteiger partial charge < -0.3 is 10.6 Å². The molecule has 0 aromatic carbocycles. The summed E-state index contributed by atoms with van der Waals surface area (Å²) in [7, 11) is 1.76. The standard InChI is InChI=1S/C16H26N4O2/c1-19(16(12-17)7-3-2-4-8-16)14(21)11-20-9-5-13(6-10-20)15(18)22/h13H,2-11H2,1H3,(H2,18,22). The fourth-order valence-electron chi connectivity index (χ4n) is 3.57. The van der Waals surface area contributed by atoms with Crippen LogP contribution in [0.1, 0.15) is 44.9 Å². The molecule has 0 radical (unpaired) electrons. The topological polar surface area (TPSA) is 90.4 Å². The first kappa shape index (κ1) is 16.8. The predicted octanol–water partition coefficient (Wildman–Crippen LogP) is 0.869. The number of nitriles is 1. The van der Waals surface area contributed by atoms with E-state index in [1.165, 1.54) is 0 Å². The summed E-state index contributed by atoms with van der Waals surface area (Å²) >= 11 is 0. The number of likely N-dealkylation sites (N-methyl/N-ethyl adjacent to an activating group) is 1. The van der Waals surface area contributed by atoms with Crippen LogP contribution >= 0.6 is 0 Å². The number of rotatable bonds is 4. The summed E-state index contributed by atoms with van der Waals surface area (Å²) in [6.07, 6.45) is 6.15. The lowest BCUT2D eigenvalue weighted by atomic mass is 9.81. The first-order chi connectivity index (χ1) is 10.5. The summed E-state index contributed by atoms with van der Waals surface area (Å²) in [6, 6.07) is 2.38. The molecule has 6 heteroatoms. The number of likely N-dealkylation sites (tertiary alicyclic amines) is 1. The Morgan fingerprint density at radius 1 is 1.27 bits per heavy atom. The number of primary amides is 1. The van der Waals surface area contributed by atoms with Gasteiger partial charge in [0.15, 0.2) is 0 Å². The average Bonchev–Trinajstić information content (AvgIpc) is 2.55. The van der Waals surface area contributed by atoms with Crippen LogP contribution in [0.5, 0.6) is 0 Å². The fraction of sp³-hybridized carbons (Fsp3) is 0.812. The van der Waals surface area contributed by atoms with Gasteiger partial charge >= 0.3 is 0 Å². The maximum atomic E-state index is 12.5. The van der Waals surface area contributed by atoms with Gasteiger partial charge in [0, 0.05) is 13.0 Å². The highest BCUT2D eigenvalue weighted by Crippen LogP contribution is 2.32. The number of nitrogens with two attached hydrogens (primary N) is 1. The molecule has 0 bridgehead atoms. The van der Waals surface area contributed by atoms with Gasteiger partial charge in [-0.3, -0.25) is 14.5 Å². The van der Waals surface area contributed by atoms with E-state index in [1.807, 2.05) is 0 Å². The Bertz CT molecular complexity index is 457. The molecule has 122 valence electrons. The van der Waals surface area contributed by atoms with Crippen LogP contribution in [0.25, 0.3) is 0 Å². The van der Waals surface area contributed by atoms with Gasteiger partial charge in [0.05, 0.1) is 12.6 Å². The van der Waals surface area contributed by atoms with E-state index in [0.29, 0.717) is 19.6 Å². The lowest BCUT2D eigenvalue weighted by Crippen LogP contribution is -2.53. The number of piperidine rings is 1.